The molecule has 2 heterocycles. The first kappa shape index (κ1) is 20.0. The second-order valence-electron chi connectivity index (χ2n) is 6.92. The first-order valence-corrected chi connectivity index (χ1v) is 10.3. The summed E-state index contributed by atoms with van der Waals surface area (Å²) in [5, 5.41) is 9.22. The summed E-state index contributed by atoms with van der Waals surface area (Å²) in [5.74, 6) is -2.08. The number of ether oxygens (including phenoxy) is 1. The molecule has 0 bridgehead atoms. The first-order valence-electron chi connectivity index (χ1n) is 9.38. The van der Waals surface area contributed by atoms with Crippen molar-refractivity contribution in [2.45, 2.75) is 18.1 Å². The number of fused-ring (bicyclic) bond motifs is 1. The SMILES string of the molecule is CCOc1ccc([C@H]2C(C#N)=C(N)S[C@@H]3C(=O)N(c4ccc(F)cc4)C(=O)[C@H]32)cc1. The Morgan fingerprint density at radius 2 is 1.80 bits per heavy atom. The van der Waals surface area contributed by atoms with Crippen LogP contribution < -0.4 is 15.4 Å². The normalized spacial score (nSPS) is 23.4. The molecule has 1 fully saturated rings. The molecule has 0 spiro atoms. The van der Waals surface area contributed by atoms with Crippen LogP contribution in [0.3, 0.4) is 0 Å². The van der Waals surface area contributed by atoms with Crippen molar-refractivity contribution < 1.29 is 18.7 Å². The summed E-state index contributed by atoms with van der Waals surface area (Å²) < 4.78 is 18.8. The topological polar surface area (TPSA) is 96.4 Å². The molecular weight excluding hydrogens is 405 g/mol. The predicted octanol–water partition coefficient (Wildman–Crippen LogP) is 3.31. The summed E-state index contributed by atoms with van der Waals surface area (Å²) in [4.78, 5) is 27.5. The molecule has 0 aromatic heterocycles. The molecule has 2 aliphatic rings. The van der Waals surface area contributed by atoms with Gasteiger partial charge in [-0.2, -0.15) is 5.26 Å². The van der Waals surface area contributed by atoms with Gasteiger partial charge in [0.05, 0.1) is 34.9 Å². The maximum atomic E-state index is 13.4. The molecule has 2 N–H and O–H groups in total. The van der Waals surface area contributed by atoms with Crippen LogP contribution >= 0.6 is 11.8 Å². The number of nitrogens with two attached hydrogens (primary N) is 1. The van der Waals surface area contributed by atoms with E-state index in [2.05, 4.69) is 6.07 Å². The molecular formula is C22H18FN3O3S. The lowest BCUT2D eigenvalue weighted by molar-refractivity contribution is -0.122. The molecule has 4 rings (SSSR count). The van der Waals surface area contributed by atoms with Crippen molar-refractivity contribution >= 4 is 29.3 Å². The summed E-state index contributed by atoms with van der Waals surface area (Å²) in [6.07, 6.45) is 0. The number of carbonyl (C=O) groups is 2. The Labute approximate surface area is 177 Å². The molecule has 0 aliphatic carbocycles. The molecule has 30 heavy (non-hydrogen) atoms. The van der Waals surface area contributed by atoms with Gasteiger partial charge in [-0.1, -0.05) is 23.9 Å². The summed E-state index contributed by atoms with van der Waals surface area (Å²) in [7, 11) is 0. The number of nitriles is 1. The molecule has 2 aromatic rings. The van der Waals surface area contributed by atoms with Crippen LogP contribution in [0, 0.1) is 23.1 Å². The van der Waals surface area contributed by atoms with E-state index in [1.807, 2.05) is 6.92 Å². The van der Waals surface area contributed by atoms with Crippen molar-refractivity contribution in [3.05, 3.63) is 70.5 Å². The summed E-state index contributed by atoms with van der Waals surface area (Å²) in [6, 6.07) is 14.4. The summed E-state index contributed by atoms with van der Waals surface area (Å²) >= 11 is 1.04. The van der Waals surface area contributed by atoms with Gasteiger partial charge >= 0.3 is 0 Å². The fourth-order valence-corrected chi connectivity index (χ4v) is 5.12. The predicted molar refractivity (Wildman–Crippen MR) is 111 cm³/mol. The first-order chi connectivity index (χ1) is 14.5. The zero-order valence-corrected chi connectivity index (χ0v) is 16.9. The Kier molecular flexibility index (Phi) is 5.22. The summed E-state index contributed by atoms with van der Waals surface area (Å²) in [5.41, 5.74) is 7.40. The molecule has 152 valence electrons. The Balaban J connectivity index is 1.77. The Bertz CT molecular complexity index is 1080. The highest BCUT2D eigenvalue weighted by molar-refractivity contribution is 8.04. The number of thioether (sulfide) groups is 1. The van der Waals surface area contributed by atoms with Crippen LogP contribution in [0.4, 0.5) is 10.1 Å². The number of anilines is 1. The maximum Gasteiger partial charge on any atom is 0.248 e. The van der Waals surface area contributed by atoms with Crippen LogP contribution in [0.15, 0.2) is 59.1 Å². The van der Waals surface area contributed by atoms with E-state index in [0.717, 1.165) is 16.7 Å². The van der Waals surface area contributed by atoms with Gasteiger partial charge in [0.1, 0.15) is 16.8 Å². The minimum Gasteiger partial charge on any atom is -0.494 e. The molecule has 0 saturated carbocycles. The van der Waals surface area contributed by atoms with E-state index in [-0.39, 0.29) is 10.6 Å². The lowest BCUT2D eigenvalue weighted by atomic mass is 9.79. The highest BCUT2D eigenvalue weighted by Crippen LogP contribution is 2.50. The van der Waals surface area contributed by atoms with Gasteiger partial charge in [0.2, 0.25) is 11.8 Å². The number of hydrogen-bond acceptors (Lipinski definition) is 6. The van der Waals surface area contributed by atoms with Crippen LogP contribution in [0.5, 0.6) is 5.75 Å². The van der Waals surface area contributed by atoms with E-state index in [4.69, 9.17) is 10.5 Å². The number of carbonyl (C=O) groups excluding carboxylic acids is 2. The zero-order valence-electron chi connectivity index (χ0n) is 16.0. The molecule has 3 atom stereocenters. The lowest BCUT2D eigenvalue weighted by Gasteiger charge is -2.30. The van der Waals surface area contributed by atoms with E-state index in [1.165, 1.54) is 24.3 Å². The van der Waals surface area contributed by atoms with Crippen LogP contribution in [0.1, 0.15) is 18.4 Å². The van der Waals surface area contributed by atoms with Crippen LogP contribution in [0.2, 0.25) is 0 Å². The zero-order chi connectivity index (χ0) is 21.4. The number of rotatable bonds is 4. The van der Waals surface area contributed by atoms with Crippen LogP contribution in [-0.4, -0.2) is 23.7 Å². The van der Waals surface area contributed by atoms with Gasteiger partial charge in [-0.15, -0.1) is 0 Å². The second kappa shape index (κ2) is 7.84. The third-order valence-electron chi connectivity index (χ3n) is 5.24. The quantitative estimate of drug-likeness (QED) is 0.758. The monoisotopic (exact) mass is 423 g/mol. The van der Waals surface area contributed by atoms with Crippen molar-refractivity contribution in [1.29, 1.82) is 5.26 Å². The number of hydrogen-bond donors (Lipinski definition) is 1. The number of imide groups is 1. The number of amides is 2. The van der Waals surface area contributed by atoms with Gasteiger partial charge in [0.25, 0.3) is 0 Å². The van der Waals surface area contributed by atoms with Gasteiger partial charge in [-0.3, -0.25) is 9.59 Å². The minimum atomic E-state index is -0.785. The largest absolute Gasteiger partial charge is 0.494 e. The lowest BCUT2D eigenvalue weighted by Crippen LogP contribution is -2.33. The minimum absolute atomic E-state index is 0.236. The van der Waals surface area contributed by atoms with Crippen LogP contribution in [-0.2, 0) is 9.59 Å². The van der Waals surface area contributed by atoms with Crippen molar-refractivity contribution in [3.63, 3.8) is 0 Å². The standard InChI is InChI=1S/C22H18FN3O3S/c1-2-29-15-9-3-12(4-10-15)17-16(11-24)20(25)30-19-18(17)21(27)26(22(19)28)14-7-5-13(23)6-8-14/h3-10,17-19H,2,25H2,1H3/t17-,18-,19-/m0/s1. The van der Waals surface area contributed by atoms with Crippen molar-refractivity contribution in [3.8, 4) is 11.8 Å². The number of allylic oxidation sites excluding steroid dienone is 1. The fraction of sp³-hybridized carbons (Fsp3) is 0.227. The number of benzene rings is 2. The second-order valence-corrected chi connectivity index (χ2v) is 8.11. The molecule has 2 aliphatic heterocycles. The van der Waals surface area contributed by atoms with E-state index in [1.54, 1.807) is 24.3 Å². The van der Waals surface area contributed by atoms with Crippen molar-refractivity contribution in [1.82, 2.24) is 0 Å². The molecule has 8 heteroatoms. The molecule has 0 radical (unpaired) electrons. The fourth-order valence-electron chi connectivity index (χ4n) is 3.92. The van der Waals surface area contributed by atoms with Crippen molar-refractivity contribution in [2.24, 2.45) is 11.7 Å². The summed E-state index contributed by atoms with van der Waals surface area (Å²) in [6.45, 7) is 2.39. The molecule has 2 aromatic carbocycles. The van der Waals surface area contributed by atoms with E-state index in [9.17, 15) is 19.2 Å². The number of nitrogens with zero attached hydrogens (tertiary/aromatic N) is 2. The Morgan fingerprint density at radius 3 is 2.40 bits per heavy atom. The van der Waals surface area contributed by atoms with Crippen molar-refractivity contribution in [2.75, 3.05) is 11.5 Å². The van der Waals surface area contributed by atoms with Gasteiger partial charge in [-0.25, -0.2) is 9.29 Å². The average molecular weight is 423 g/mol. The molecule has 0 unspecified atom stereocenters. The third-order valence-corrected chi connectivity index (χ3v) is 6.46. The van der Waals surface area contributed by atoms with E-state index in [0.29, 0.717) is 23.6 Å². The molecule has 2 amide bonds. The van der Waals surface area contributed by atoms with Gasteiger partial charge in [0, 0.05) is 5.92 Å². The van der Waals surface area contributed by atoms with E-state index >= 15 is 0 Å². The van der Waals surface area contributed by atoms with Gasteiger partial charge in [-0.05, 0) is 48.9 Å². The molecule has 6 nitrogen and oxygen atoms in total. The van der Waals surface area contributed by atoms with Crippen LogP contribution in [0.25, 0.3) is 0 Å². The Hall–Kier alpha value is -3.31. The maximum absolute atomic E-state index is 13.4. The number of halogens is 1. The average Bonchev–Trinajstić information content (AvgIpc) is 2.98. The molecule has 1 saturated heterocycles. The highest BCUT2D eigenvalue weighted by atomic mass is 32.2. The van der Waals surface area contributed by atoms with Gasteiger partial charge in [0.15, 0.2) is 0 Å². The highest BCUT2D eigenvalue weighted by Gasteiger charge is 2.56. The smallest absolute Gasteiger partial charge is 0.248 e. The van der Waals surface area contributed by atoms with Gasteiger partial charge < -0.3 is 10.5 Å². The third kappa shape index (κ3) is 3.21. The van der Waals surface area contributed by atoms with E-state index < -0.39 is 34.7 Å². The Morgan fingerprint density at radius 1 is 1.13 bits per heavy atom.